The summed E-state index contributed by atoms with van der Waals surface area (Å²) in [5, 5.41) is 0. The van der Waals surface area contributed by atoms with E-state index in [2.05, 4.69) is 4.99 Å². The first-order valence-electron chi connectivity index (χ1n) is 5.50. The Morgan fingerprint density at radius 3 is 2.44 bits per heavy atom. The number of rotatable bonds is 5. The highest BCUT2D eigenvalue weighted by molar-refractivity contribution is 7.93. The fourth-order valence-corrected chi connectivity index (χ4v) is 4.99. The van der Waals surface area contributed by atoms with Crippen molar-refractivity contribution in [3.63, 3.8) is 0 Å². The summed E-state index contributed by atoms with van der Waals surface area (Å²) in [4.78, 5) is 13.7. The molecule has 0 aromatic heterocycles. The van der Waals surface area contributed by atoms with Crippen LogP contribution in [-0.4, -0.2) is 57.7 Å². The molecule has 0 aliphatic carbocycles. The predicted octanol–water partition coefficient (Wildman–Crippen LogP) is -0.491. The minimum absolute atomic E-state index is 0.266. The van der Waals surface area contributed by atoms with Gasteiger partial charge in [0.1, 0.15) is 16.0 Å². The van der Waals surface area contributed by atoms with E-state index in [1.54, 1.807) is 0 Å². The van der Waals surface area contributed by atoms with Crippen LogP contribution in [0.4, 0.5) is 0 Å². The van der Waals surface area contributed by atoms with Gasteiger partial charge in [-0.2, -0.15) is 9.30 Å². The summed E-state index contributed by atoms with van der Waals surface area (Å²) in [5.74, 6) is -0.903. The van der Waals surface area contributed by atoms with Crippen LogP contribution in [0.3, 0.4) is 0 Å². The Hall–Kier alpha value is -0.760. The molecule has 0 radical (unpaired) electrons. The van der Waals surface area contributed by atoms with Crippen LogP contribution in [0, 0.1) is 0 Å². The summed E-state index contributed by atoms with van der Waals surface area (Å²) in [6.45, 7) is 0.266. The summed E-state index contributed by atoms with van der Waals surface area (Å²) < 4.78 is 47.1. The molecule has 7 nitrogen and oxygen atoms in total. The third kappa shape index (κ3) is 4.49. The van der Waals surface area contributed by atoms with Gasteiger partial charge in [0.25, 0.3) is 0 Å². The molecule has 1 aliphatic heterocycles. The summed E-state index contributed by atoms with van der Waals surface area (Å²) >= 11 is 0. The van der Waals surface area contributed by atoms with Crippen LogP contribution in [0.15, 0.2) is 4.99 Å². The third-order valence-corrected chi connectivity index (χ3v) is 5.76. The minimum Gasteiger partial charge on any atom is -0.229 e. The first-order valence-corrected chi connectivity index (χ1v) is 9.17. The van der Waals surface area contributed by atoms with Crippen LogP contribution >= 0.6 is 0 Å². The summed E-state index contributed by atoms with van der Waals surface area (Å²) in [5.41, 5.74) is 0. The lowest BCUT2D eigenvalue weighted by molar-refractivity contribution is 0.260. The quantitative estimate of drug-likeness (QED) is 0.503. The Balaban J connectivity index is 2.84. The Labute approximate surface area is 107 Å². The standard InChI is InChI=1S/C9H16N2O5S2/c1-17(13,14)6-7-18(15,16)11-5-3-2-4-9(11)10-8-12/h9H,2-7H2,1H3. The van der Waals surface area contributed by atoms with Crippen molar-refractivity contribution in [1.29, 1.82) is 0 Å². The van der Waals surface area contributed by atoms with E-state index in [0.29, 0.717) is 12.8 Å². The molecule has 0 aromatic carbocycles. The topological polar surface area (TPSA) is 101 Å². The molecule has 0 aromatic rings. The molecular weight excluding hydrogens is 280 g/mol. The van der Waals surface area contributed by atoms with Crippen LogP contribution in [0.25, 0.3) is 0 Å². The fourth-order valence-electron chi connectivity index (χ4n) is 1.78. The van der Waals surface area contributed by atoms with Crippen molar-refractivity contribution in [2.75, 3.05) is 24.3 Å². The Morgan fingerprint density at radius 1 is 1.22 bits per heavy atom. The van der Waals surface area contributed by atoms with E-state index >= 15 is 0 Å². The summed E-state index contributed by atoms with van der Waals surface area (Å²) in [6.07, 6.45) is 3.55. The maximum Gasteiger partial charge on any atom is 0.236 e. The van der Waals surface area contributed by atoms with E-state index in [1.165, 1.54) is 6.08 Å². The molecule has 18 heavy (non-hydrogen) atoms. The number of piperidine rings is 1. The van der Waals surface area contributed by atoms with Gasteiger partial charge in [-0.15, -0.1) is 0 Å². The van der Waals surface area contributed by atoms with Crippen molar-refractivity contribution < 1.29 is 21.6 Å². The molecule has 1 atom stereocenters. The van der Waals surface area contributed by atoms with Crippen LogP contribution in [0.1, 0.15) is 19.3 Å². The molecule has 1 aliphatic rings. The molecule has 9 heteroatoms. The van der Waals surface area contributed by atoms with E-state index in [9.17, 15) is 21.6 Å². The van der Waals surface area contributed by atoms with Gasteiger partial charge in [-0.05, 0) is 19.3 Å². The second-order valence-electron chi connectivity index (χ2n) is 4.25. The highest BCUT2D eigenvalue weighted by atomic mass is 32.2. The van der Waals surface area contributed by atoms with Gasteiger partial charge >= 0.3 is 0 Å². The number of nitrogens with zero attached hydrogens (tertiary/aromatic N) is 2. The molecule has 1 heterocycles. The highest BCUT2D eigenvalue weighted by Gasteiger charge is 2.32. The van der Waals surface area contributed by atoms with Gasteiger partial charge in [0, 0.05) is 12.8 Å². The Kier molecular flexibility index (Phi) is 5.03. The van der Waals surface area contributed by atoms with Gasteiger partial charge < -0.3 is 0 Å². The number of sulfonamides is 1. The normalized spacial score (nSPS) is 22.4. The number of sulfone groups is 1. The minimum atomic E-state index is -3.71. The Bertz CT molecular complexity index is 533. The molecule has 0 bridgehead atoms. The number of aliphatic imine (C=N–C) groups is 1. The van der Waals surface area contributed by atoms with E-state index in [0.717, 1.165) is 17.0 Å². The van der Waals surface area contributed by atoms with E-state index in [-0.39, 0.29) is 6.54 Å². The van der Waals surface area contributed by atoms with Crippen molar-refractivity contribution >= 4 is 25.9 Å². The second-order valence-corrected chi connectivity index (χ2v) is 8.55. The van der Waals surface area contributed by atoms with Crippen molar-refractivity contribution in [2.45, 2.75) is 25.4 Å². The maximum absolute atomic E-state index is 12.0. The van der Waals surface area contributed by atoms with Gasteiger partial charge in [0.15, 0.2) is 0 Å². The van der Waals surface area contributed by atoms with Crippen LogP contribution < -0.4 is 0 Å². The largest absolute Gasteiger partial charge is 0.236 e. The van der Waals surface area contributed by atoms with Crippen LogP contribution in [0.2, 0.25) is 0 Å². The molecule has 0 amide bonds. The SMILES string of the molecule is CS(=O)(=O)CCS(=O)(=O)N1CCCCC1N=C=O. The van der Waals surface area contributed by atoms with Crippen LogP contribution in [0.5, 0.6) is 0 Å². The zero-order valence-corrected chi connectivity index (χ0v) is 11.7. The fraction of sp³-hybridized carbons (Fsp3) is 0.889. The molecule has 1 saturated heterocycles. The van der Waals surface area contributed by atoms with Crippen molar-refractivity contribution in [1.82, 2.24) is 4.31 Å². The monoisotopic (exact) mass is 296 g/mol. The lowest BCUT2D eigenvalue weighted by atomic mass is 10.1. The van der Waals surface area contributed by atoms with E-state index < -0.39 is 37.5 Å². The zero-order chi connectivity index (χ0) is 13.8. The van der Waals surface area contributed by atoms with E-state index in [1.807, 2.05) is 0 Å². The number of hydrogen-bond donors (Lipinski definition) is 0. The van der Waals surface area contributed by atoms with Gasteiger partial charge in [-0.25, -0.2) is 21.6 Å². The average Bonchev–Trinajstić information content (AvgIpc) is 2.27. The zero-order valence-electron chi connectivity index (χ0n) is 10.1. The first-order chi connectivity index (χ1) is 8.26. The molecule has 1 fully saturated rings. The highest BCUT2D eigenvalue weighted by Crippen LogP contribution is 2.21. The third-order valence-electron chi connectivity index (χ3n) is 2.69. The van der Waals surface area contributed by atoms with Crippen molar-refractivity contribution in [2.24, 2.45) is 4.99 Å². The van der Waals surface area contributed by atoms with E-state index in [4.69, 9.17) is 0 Å². The van der Waals surface area contributed by atoms with Crippen molar-refractivity contribution in [3.8, 4) is 0 Å². The number of carbonyl (C=O) groups excluding carboxylic acids is 1. The second kappa shape index (κ2) is 5.92. The van der Waals surface area contributed by atoms with Crippen molar-refractivity contribution in [3.05, 3.63) is 0 Å². The molecule has 0 saturated carbocycles. The predicted molar refractivity (Wildman–Crippen MR) is 66.0 cm³/mol. The maximum atomic E-state index is 12.0. The lowest BCUT2D eigenvalue weighted by Crippen LogP contribution is -2.44. The van der Waals surface area contributed by atoms with Gasteiger partial charge in [0.05, 0.1) is 11.5 Å². The number of hydrogen-bond acceptors (Lipinski definition) is 6. The lowest BCUT2D eigenvalue weighted by Gasteiger charge is -2.30. The molecular formula is C9H16N2O5S2. The van der Waals surface area contributed by atoms with Gasteiger partial charge in [-0.3, -0.25) is 0 Å². The molecule has 1 rings (SSSR count). The smallest absolute Gasteiger partial charge is 0.229 e. The van der Waals surface area contributed by atoms with Gasteiger partial charge in [0.2, 0.25) is 16.1 Å². The first kappa shape index (κ1) is 15.3. The molecule has 0 spiro atoms. The Morgan fingerprint density at radius 2 is 1.89 bits per heavy atom. The molecule has 1 unspecified atom stereocenters. The number of isocyanates is 1. The average molecular weight is 296 g/mol. The van der Waals surface area contributed by atoms with Crippen LogP contribution in [-0.2, 0) is 24.7 Å². The summed E-state index contributed by atoms with van der Waals surface area (Å²) in [7, 11) is -7.05. The summed E-state index contributed by atoms with van der Waals surface area (Å²) in [6, 6.07) is 0. The molecule has 0 N–H and O–H groups in total. The molecule has 104 valence electrons. The van der Waals surface area contributed by atoms with Gasteiger partial charge in [-0.1, -0.05) is 0 Å².